The maximum Gasteiger partial charge on any atom is 0.0348 e. The lowest BCUT2D eigenvalue weighted by Crippen LogP contribution is -2.24. The van der Waals surface area contributed by atoms with Crippen LogP contribution in [0.1, 0.15) is 45.2 Å². The van der Waals surface area contributed by atoms with Crippen LogP contribution in [-0.2, 0) is 6.42 Å². The lowest BCUT2D eigenvalue weighted by molar-refractivity contribution is 0.591. The second-order valence-electron chi connectivity index (χ2n) is 5.51. The van der Waals surface area contributed by atoms with Crippen molar-refractivity contribution in [2.24, 2.45) is 0 Å². The maximum atomic E-state index is 3.58. The number of benzene rings is 1. The van der Waals surface area contributed by atoms with Gasteiger partial charge < -0.3 is 10.6 Å². The summed E-state index contributed by atoms with van der Waals surface area (Å²) in [5.41, 5.74) is 5.34. The molecule has 1 aromatic carbocycles. The third-order valence-corrected chi connectivity index (χ3v) is 3.36. The van der Waals surface area contributed by atoms with E-state index in [-0.39, 0.29) is 0 Å². The Bertz CT molecular complexity index is 446. The monoisotopic (exact) mass is 244 g/mol. The van der Waals surface area contributed by atoms with Crippen molar-refractivity contribution < 1.29 is 0 Å². The van der Waals surface area contributed by atoms with Crippen molar-refractivity contribution in [1.29, 1.82) is 0 Å². The summed E-state index contributed by atoms with van der Waals surface area (Å²) < 4.78 is 0. The fraction of sp³-hybridized carbons (Fsp3) is 0.500. The topological polar surface area (TPSA) is 24.1 Å². The van der Waals surface area contributed by atoms with Crippen LogP contribution < -0.4 is 10.6 Å². The van der Waals surface area contributed by atoms with E-state index < -0.39 is 0 Å². The Kier molecular flexibility index (Phi) is 3.95. The van der Waals surface area contributed by atoms with E-state index in [1.165, 1.54) is 22.5 Å². The van der Waals surface area contributed by atoms with Crippen molar-refractivity contribution in [1.82, 2.24) is 5.32 Å². The first-order chi connectivity index (χ1) is 8.58. The average Bonchev–Trinajstić information content (AvgIpc) is 2.69. The highest BCUT2D eigenvalue weighted by Crippen LogP contribution is 2.27. The van der Waals surface area contributed by atoms with E-state index in [0.717, 1.165) is 12.8 Å². The van der Waals surface area contributed by atoms with Gasteiger partial charge in [0.15, 0.2) is 0 Å². The Hall–Kier alpha value is -1.44. The second-order valence-corrected chi connectivity index (χ2v) is 5.51. The molecule has 0 fully saturated rings. The molecular formula is C16H24N2. The standard InChI is InChI=1S/C16H24N2/c1-5-12(4)18-16-8-13-6-7-15(17-11(2)3)9-14(13)10-16/h6-7,9-12,17-18H,5,8H2,1-4H3. The van der Waals surface area contributed by atoms with Gasteiger partial charge in [0.25, 0.3) is 0 Å². The zero-order valence-corrected chi connectivity index (χ0v) is 11.9. The number of hydrogen-bond donors (Lipinski definition) is 2. The fourth-order valence-electron chi connectivity index (χ4n) is 2.27. The molecule has 0 radical (unpaired) electrons. The number of nitrogens with one attached hydrogen (secondary N) is 2. The van der Waals surface area contributed by atoms with Gasteiger partial charge in [0.2, 0.25) is 0 Å². The third kappa shape index (κ3) is 3.06. The predicted molar refractivity (Wildman–Crippen MR) is 79.8 cm³/mol. The Morgan fingerprint density at radius 3 is 2.61 bits per heavy atom. The molecule has 0 aliphatic heterocycles. The van der Waals surface area contributed by atoms with E-state index in [4.69, 9.17) is 0 Å². The molecule has 1 atom stereocenters. The molecule has 0 bridgehead atoms. The summed E-state index contributed by atoms with van der Waals surface area (Å²) >= 11 is 0. The lowest BCUT2D eigenvalue weighted by Gasteiger charge is -2.13. The first kappa shape index (κ1) is 13.0. The van der Waals surface area contributed by atoms with Gasteiger partial charge in [-0.3, -0.25) is 0 Å². The van der Waals surface area contributed by atoms with Crippen molar-refractivity contribution in [3.05, 3.63) is 35.0 Å². The molecule has 98 valence electrons. The molecule has 0 saturated heterocycles. The largest absolute Gasteiger partial charge is 0.386 e. The fourth-order valence-corrected chi connectivity index (χ4v) is 2.27. The molecule has 1 unspecified atom stereocenters. The van der Waals surface area contributed by atoms with Crippen LogP contribution in [0.2, 0.25) is 0 Å². The van der Waals surface area contributed by atoms with Gasteiger partial charge >= 0.3 is 0 Å². The molecule has 2 nitrogen and oxygen atoms in total. The van der Waals surface area contributed by atoms with Crippen LogP contribution in [0.5, 0.6) is 0 Å². The first-order valence-electron chi connectivity index (χ1n) is 6.95. The second kappa shape index (κ2) is 5.47. The van der Waals surface area contributed by atoms with E-state index in [0.29, 0.717) is 12.1 Å². The maximum absolute atomic E-state index is 3.58. The molecular weight excluding hydrogens is 220 g/mol. The van der Waals surface area contributed by atoms with Gasteiger partial charge in [-0.15, -0.1) is 0 Å². The van der Waals surface area contributed by atoms with Gasteiger partial charge in [0.1, 0.15) is 0 Å². The average molecular weight is 244 g/mol. The Labute approximate surface area is 110 Å². The van der Waals surface area contributed by atoms with Crippen molar-refractivity contribution in [3.63, 3.8) is 0 Å². The Morgan fingerprint density at radius 1 is 1.17 bits per heavy atom. The number of anilines is 1. The predicted octanol–water partition coefficient (Wildman–Crippen LogP) is 3.79. The molecule has 2 rings (SSSR count). The van der Waals surface area contributed by atoms with Crippen molar-refractivity contribution in [2.75, 3.05) is 5.32 Å². The normalized spacial score (nSPS) is 15.3. The summed E-state index contributed by atoms with van der Waals surface area (Å²) in [6.07, 6.45) is 4.49. The van der Waals surface area contributed by atoms with Gasteiger partial charge in [-0.05, 0) is 56.5 Å². The minimum absolute atomic E-state index is 0.478. The third-order valence-electron chi connectivity index (χ3n) is 3.36. The van der Waals surface area contributed by atoms with Gasteiger partial charge in [-0.25, -0.2) is 0 Å². The molecule has 1 aromatic rings. The van der Waals surface area contributed by atoms with Crippen LogP contribution in [0.25, 0.3) is 6.08 Å². The Balaban J connectivity index is 2.10. The highest BCUT2D eigenvalue weighted by molar-refractivity contribution is 5.67. The van der Waals surface area contributed by atoms with Crippen molar-refractivity contribution >= 4 is 11.8 Å². The summed E-state index contributed by atoms with van der Waals surface area (Å²) in [6.45, 7) is 8.78. The molecule has 0 spiro atoms. The molecule has 1 aliphatic carbocycles. The van der Waals surface area contributed by atoms with E-state index >= 15 is 0 Å². The van der Waals surface area contributed by atoms with Gasteiger partial charge in [0, 0.05) is 29.9 Å². The molecule has 0 saturated carbocycles. The molecule has 0 heterocycles. The van der Waals surface area contributed by atoms with Crippen LogP contribution in [0, 0.1) is 0 Å². The van der Waals surface area contributed by atoms with E-state index in [2.05, 4.69) is 62.6 Å². The minimum atomic E-state index is 0.478. The van der Waals surface area contributed by atoms with E-state index in [9.17, 15) is 0 Å². The van der Waals surface area contributed by atoms with E-state index in [1.54, 1.807) is 0 Å². The minimum Gasteiger partial charge on any atom is -0.386 e. The molecule has 0 amide bonds. The van der Waals surface area contributed by atoms with Crippen molar-refractivity contribution in [2.45, 2.75) is 52.6 Å². The van der Waals surface area contributed by atoms with Gasteiger partial charge in [-0.2, -0.15) is 0 Å². The highest BCUT2D eigenvalue weighted by atomic mass is 14.9. The number of hydrogen-bond acceptors (Lipinski definition) is 2. The smallest absolute Gasteiger partial charge is 0.0348 e. The quantitative estimate of drug-likeness (QED) is 0.823. The van der Waals surface area contributed by atoms with Crippen LogP contribution in [0.15, 0.2) is 23.9 Å². The highest BCUT2D eigenvalue weighted by Gasteiger charge is 2.14. The molecule has 2 N–H and O–H groups in total. The van der Waals surface area contributed by atoms with Crippen LogP contribution in [0.4, 0.5) is 5.69 Å². The summed E-state index contributed by atoms with van der Waals surface area (Å²) in [6, 6.07) is 7.70. The van der Waals surface area contributed by atoms with Crippen LogP contribution in [0.3, 0.4) is 0 Å². The number of rotatable bonds is 5. The summed E-state index contributed by atoms with van der Waals surface area (Å²) in [7, 11) is 0. The van der Waals surface area contributed by atoms with Gasteiger partial charge in [0.05, 0.1) is 0 Å². The number of fused-ring (bicyclic) bond motifs is 1. The molecule has 2 heteroatoms. The lowest BCUT2D eigenvalue weighted by atomic mass is 10.1. The summed E-state index contributed by atoms with van der Waals surface area (Å²) in [5, 5.41) is 7.03. The molecule has 1 aliphatic rings. The van der Waals surface area contributed by atoms with Crippen LogP contribution in [-0.4, -0.2) is 12.1 Å². The zero-order valence-electron chi connectivity index (χ0n) is 11.9. The first-order valence-corrected chi connectivity index (χ1v) is 6.95. The summed E-state index contributed by atoms with van der Waals surface area (Å²) in [4.78, 5) is 0. The van der Waals surface area contributed by atoms with Crippen molar-refractivity contribution in [3.8, 4) is 0 Å². The SMILES string of the molecule is CCC(C)NC1=Cc2cc(NC(C)C)ccc2C1. The zero-order chi connectivity index (χ0) is 13.1. The summed E-state index contributed by atoms with van der Waals surface area (Å²) in [5.74, 6) is 0. The number of allylic oxidation sites excluding steroid dienone is 1. The van der Waals surface area contributed by atoms with Gasteiger partial charge in [-0.1, -0.05) is 13.0 Å². The Morgan fingerprint density at radius 2 is 1.94 bits per heavy atom. The van der Waals surface area contributed by atoms with Crippen LogP contribution >= 0.6 is 0 Å². The molecule has 18 heavy (non-hydrogen) atoms. The van der Waals surface area contributed by atoms with E-state index in [1.807, 2.05) is 0 Å². The molecule has 0 aromatic heterocycles.